The third kappa shape index (κ3) is 3.66. The summed E-state index contributed by atoms with van der Waals surface area (Å²) in [5, 5.41) is 2.85. The van der Waals surface area contributed by atoms with Crippen molar-refractivity contribution in [1.29, 1.82) is 0 Å². The average Bonchev–Trinajstić information content (AvgIpc) is 2.18. The third-order valence-electron chi connectivity index (χ3n) is 1.59. The molecule has 0 fully saturated rings. The number of hydrogen-bond acceptors (Lipinski definition) is 3. The molecule has 1 aromatic heterocycles. The summed E-state index contributed by atoms with van der Waals surface area (Å²) in [7, 11) is 1.74. The molecule has 0 saturated carbocycles. The highest BCUT2D eigenvalue weighted by atomic mass is 19.3. The predicted molar refractivity (Wildman–Crippen MR) is 49.4 cm³/mol. The fraction of sp³-hybridized carbons (Fsp3) is 0.444. The monoisotopic (exact) mass is 202 g/mol. The van der Waals surface area contributed by atoms with Crippen molar-refractivity contribution in [2.24, 2.45) is 0 Å². The molecule has 1 N–H and O–H groups in total. The van der Waals surface area contributed by atoms with Gasteiger partial charge in [-0.3, -0.25) is 0 Å². The summed E-state index contributed by atoms with van der Waals surface area (Å²) < 4.78 is 28.2. The zero-order chi connectivity index (χ0) is 10.4. The second-order valence-electron chi connectivity index (χ2n) is 2.71. The van der Waals surface area contributed by atoms with Gasteiger partial charge in [0.2, 0.25) is 0 Å². The second kappa shape index (κ2) is 5.49. The molecule has 0 radical (unpaired) electrons. The molecule has 0 aliphatic heterocycles. The lowest BCUT2D eigenvalue weighted by Gasteiger charge is -2.05. The van der Waals surface area contributed by atoms with Gasteiger partial charge in [0.05, 0.1) is 6.61 Å². The standard InChI is InChI=1S/C9H12F2N2O/c1-12-9-4-7(2-3-13-9)5-14-6-8(10)11/h2-4,8H,5-6H2,1H3,(H,12,13). The highest BCUT2D eigenvalue weighted by Gasteiger charge is 2.02. The van der Waals surface area contributed by atoms with Gasteiger partial charge in [-0.2, -0.15) is 0 Å². The molecule has 0 amide bonds. The highest BCUT2D eigenvalue weighted by molar-refractivity contribution is 5.36. The van der Waals surface area contributed by atoms with Gasteiger partial charge in [-0.15, -0.1) is 0 Å². The Balaban J connectivity index is 2.42. The van der Waals surface area contributed by atoms with Crippen LogP contribution in [-0.2, 0) is 11.3 Å². The highest BCUT2D eigenvalue weighted by Crippen LogP contribution is 2.07. The molecule has 1 rings (SSSR count). The normalized spacial score (nSPS) is 10.6. The number of alkyl halides is 2. The molecule has 0 saturated heterocycles. The second-order valence-corrected chi connectivity index (χ2v) is 2.71. The fourth-order valence-electron chi connectivity index (χ4n) is 0.967. The van der Waals surface area contributed by atoms with E-state index in [0.29, 0.717) is 5.82 Å². The first kappa shape index (κ1) is 10.8. The third-order valence-corrected chi connectivity index (χ3v) is 1.59. The number of aromatic nitrogens is 1. The summed E-state index contributed by atoms with van der Waals surface area (Å²) in [4.78, 5) is 3.99. The maximum Gasteiger partial charge on any atom is 0.261 e. The van der Waals surface area contributed by atoms with Crippen molar-refractivity contribution in [3.05, 3.63) is 23.9 Å². The largest absolute Gasteiger partial charge is 0.373 e. The molecular formula is C9H12F2N2O. The minimum atomic E-state index is -2.42. The van der Waals surface area contributed by atoms with Gasteiger partial charge in [0.1, 0.15) is 12.4 Å². The van der Waals surface area contributed by atoms with E-state index in [1.165, 1.54) is 0 Å². The number of nitrogens with zero attached hydrogens (tertiary/aromatic N) is 1. The van der Waals surface area contributed by atoms with E-state index < -0.39 is 13.0 Å². The van der Waals surface area contributed by atoms with E-state index in [1.54, 1.807) is 25.4 Å². The number of ether oxygens (including phenoxy) is 1. The van der Waals surface area contributed by atoms with Gasteiger partial charge in [-0.25, -0.2) is 13.8 Å². The van der Waals surface area contributed by atoms with Gasteiger partial charge in [0.15, 0.2) is 0 Å². The van der Waals surface area contributed by atoms with E-state index in [1.807, 2.05) is 0 Å². The van der Waals surface area contributed by atoms with Crippen LogP contribution < -0.4 is 5.32 Å². The minimum Gasteiger partial charge on any atom is -0.373 e. The molecule has 0 bridgehead atoms. The van der Waals surface area contributed by atoms with Crippen molar-refractivity contribution >= 4 is 5.82 Å². The SMILES string of the molecule is CNc1cc(COCC(F)F)ccn1. The van der Waals surface area contributed by atoms with Crippen molar-refractivity contribution in [1.82, 2.24) is 4.98 Å². The van der Waals surface area contributed by atoms with Gasteiger partial charge >= 0.3 is 0 Å². The van der Waals surface area contributed by atoms with E-state index in [2.05, 4.69) is 10.3 Å². The van der Waals surface area contributed by atoms with E-state index in [0.717, 1.165) is 5.56 Å². The quantitative estimate of drug-likeness (QED) is 0.791. The Labute approximate surface area is 81.1 Å². The number of nitrogens with one attached hydrogen (secondary N) is 1. The summed E-state index contributed by atoms with van der Waals surface area (Å²) >= 11 is 0. The van der Waals surface area contributed by atoms with Crippen LogP contribution in [0.3, 0.4) is 0 Å². The van der Waals surface area contributed by atoms with Crippen LogP contribution in [0.5, 0.6) is 0 Å². The Morgan fingerprint density at radius 3 is 3.00 bits per heavy atom. The van der Waals surface area contributed by atoms with Crippen LogP contribution in [0.4, 0.5) is 14.6 Å². The van der Waals surface area contributed by atoms with E-state index >= 15 is 0 Å². The van der Waals surface area contributed by atoms with Crippen LogP contribution in [0.1, 0.15) is 5.56 Å². The lowest BCUT2D eigenvalue weighted by Crippen LogP contribution is -2.04. The molecule has 0 unspecified atom stereocenters. The predicted octanol–water partition coefficient (Wildman–Crippen LogP) is 1.90. The van der Waals surface area contributed by atoms with Crippen LogP contribution in [0.2, 0.25) is 0 Å². The lowest BCUT2D eigenvalue weighted by molar-refractivity contribution is 0.00988. The molecule has 0 atom stereocenters. The van der Waals surface area contributed by atoms with Crippen molar-refractivity contribution in [3.63, 3.8) is 0 Å². The van der Waals surface area contributed by atoms with Crippen molar-refractivity contribution < 1.29 is 13.5 Å². The van der Waals surface area contributed by atoms with Crippen LogP contribution in [0.15, 0.2) is 18.3 Å². The first-order valence-electron chi connectivity index (χ1n) is 4.21. The first-order chi connectivity index (χ1) is 6.72. The summed E-state index contributed by atoms with van der Waals surface area (Å²) in [5.74, 6) is 0.697. The Morgan fingerprint density at radius 2 is 2.36 bits per heavy atom. The number of hydrogen-bond donors (Lipinski definition) is 1. The number of halogens is 2. The summed E-state index contributed by atoms with van der Waals surface area (Å²) in [6.45, 7) is -0.348. The molecule has 1 aromatic rings. The van der Waals surface area contributed by atoms with Crippen LogP contribution in [0.25, 0.3) is 0 Å². The van der Waals surface area contributed by atoms with Crippen LogP contribution in [-0.4, -0.2) is 25.1 Å². The molecule has 78 valence electrons. The van der Waals surface area contributed by atoms with Gasteiger partial charge in [-0.1, -0.05) is 0 Å². The molecule has 1 heterocycles. The molecule has 0 aliphatic rings. The Morgan fingerprint density at radius 1 is 1.57 bits per heavy atom. The minimum absolute atomic E-state index is 0.182. The first-order valence-corrected chi connectivity index (χ1v) is 4.21. The zero-order valence-corrected chi connectivity index (χ0v) is 7.84. The molecule has 0 spiro atoms. The Hall–Kier alpha value is -1.23. The summed E-state index contributed by atoms with van der Waals surface area (Å²) in [6.07, 6.45) is -0.812. The Kier molecular flexibility index (Phi) is 4.25. The fourth-order valence-corrected chi connectivity index (χ4v) is 0.967. The summed E-state index contributed by atoms with van der Waals surface area (Å²) in [6, 6.07) is 3.48. The number of anilines is 1. The van der Waals surface area contributed by atoms with E-state index in [-0.39, 0.29) is 6.61 Å². The van der Waals surface area contributed by atoms with E-state index in [9.17, 15) is 8.78 Å². The molecular weight excluding hydrogens is 190 g/mol. The van der Waals surface area contributed by atoms with Gasteiger partial charge in [0, 0.05) is 13.2 Å². The van der Waals surface area contributed by atoms with Crippen molar-refractivity contribution in [3.8, 4) is 0 Å². The molecule has 0 aliphatic carbocycles. The van der Waals surface area contributed by atoms with Gasteiger partial charge < -0.3 is 10.1 Å². The van der Waals surface area contributed by atoms with Crippen LogP contribution in [0, 0.1) is 0 Å². The van der Waals surface area contributed by atoms with Gasteiger partial charge in [0.25, 0.3) is 6.43 Å². The smallest absolute Gasteiger partial charge is 0.261 e. The number of pyridine rings is 1. The average molecular weight is 202 g/mol. The maximum atomic E-state index is 11.7. The topological polar surface area (TPSA) is 34.1 Å². The van der Waals surface area contributed by atoms with Crippen molar-refractivity contribution in [2.45, 2.75) is 13.0 Å². The maximum absolute atomic E-state index is 11.7. The van der Waals surface area contributed by atoms with Crippen molar-refractivity contribution in [2.75, 3.05) is 19.0 Å². The van der Waals surface area contributed by atoms with Gasteiger partial charge in [-0.05, 0) is 17.7 Å². The number of rotatable bonds is 5. The summed E-state index contributed by atoms with van der Waals surface area (Å²) in [5.41, 5.74) is 0.824. The lowest BCUT2D eigenvalue weighted by atomic mass is 10.3. The molecule has 14 heavy (non-hydrogen) atoms. The molecule has 0 aromatic carbocycles. The van der Waals surface area contributed by atoms with E-state index in [4.69, 9.17) is 4.74 Å². The van der Waals surface area contributed by atoms with Crippen LogP contribution >= 0.6 is 0 Å². The Bertz CT molecular complexity index is 281. The molecule has 5 heteroatoms. The zero-order valence-electron chi connectivity index (χ0n) is 7.84. The molecule has 3 nitrogen and oxygen atoms in total.